The Morgan fingerprint density at radius 3 is 2.50 bits per heavy atom. The molecule has 0 aliphatic carbocycles. The molecule has 0 saturated carbocycles. The van der Waals surface area contributed by atoms with Crippen LogP contribution in [0.2, 0.25) is 0 Å². The van der Waals surface area contributed by atoms with Crippen molar-refractivity contribution in [2.24, 2.45) is 4.99 Å². The van der Waals surface area contributed by atoms with Crippen LogP contribution >= 0.6 is 0 Å². The minimum atomic E-state index is 0.276. The molecule has 0 aliphatic heterocycles. The van der Waals surface area contributed by atoms with E-state index >= 15 is 0 Å². The molecular formula is C19H28N4O. The normalized spacial score (nSPS) is 13.1. The van der Waals surface area contributed by atoms with Crippen molar-refractivity contribution in [1.82, 2.24) is 15.5 Å². The van der Waals surface area contributed by atoms with Gasteiger partial charge in [-0.1, -0.05) is 29.8 Å². The standard InChI is InChI=1S/C19H28N4O/c1-5-20-19(21-13-17-7-6-12-24-17)22-14-18(23(3)4)16-10-8-15(2)9-11-16/h6-12,18H,5,13-14H2,1-4H3,(H2,20,21,22). The molecule has 5 heteroatoms. The van der Waals surface area contributed by atoms with E-state index in [2.05, 4.69) is 72.7 Å². The fraction of sp³-hybridized carbons (Fsp3) is 0.421. The van der Waals surface area contributed by atoms with E-state index in [1.54, 1.807) is 6.26 Å². The molecule has 2 N–H and O–H groups in total. The summed E-state index contributed by atoms with van der Waals surface area (Å²) in [5.41, 5.74) is 2.57. The van der Waals surface area contributed by atoms with E-state index in [-0.39, 0.29) is 6.04 Å². The van der Waals surface area contributed by atoms with Crippen LogP contribution in [0.4, 0.5) is 0 Å². The fourth-order valence-corrected chi connectivity index (χ4v) is 2.48. The molecule has 0 aliphatic rings. The quantitative estimate of drug-likeness (QED) is 0.606. The average Bonchev–Trinajstić information content (AvgIpc) is 3.07. The predicted molar refractivity (Wildman–Crippen MR) is 99.1 cm³/mol. The summed E-state index contributed by atoms with van der Waals surface area (Å²) >= 11 is 0. The van der Waals surface area contributed by atoms with Crippen LogP contribution < -0.4 is 10.6 Å². The van der Waals surface area contributed by atoms with Crippen molar-refractivity contribution >= 4 is 5.96 Å². The van der Waals surface area contributed by atoms with Crippen LogP contribution in [0.1, 0.15) is 29.9 Å². The van der Waals surface area contributed by atoms with Crippen molar-refractivity contribution in [2.45, 2.75) is 26.4 Å². The molecule has 1 heterocycles. The highest BCUT2D eigenvalue weighted by molar-refractivity contribution is 5.79. The molecule has 1 aromatic heterocycles. The minimum Gasteiger partial charge on any atom is -0.467 e. The number of hydrogen-bond acceptors (Lipinski definition) is 3. The molecule has 5 nitrogen and oxygen atoms in total. The van der Waals surface area contributed by atoms with Gasteiger partial charge >= 0.3 is 0 Å². The highest BCUT2D eigenvalue weighted by atomic mass is 16.3. The maximum Gasteiger partial charge on any atom is 0.191 e. The van der Waals surface area contributed by atoms with Gasteiger partial charge in [0.15, 0.2) is 5.96 Å². The first-order valence-corrected chi connectivity index (χ1v) is 8.37. The Kier molecular flexibility index (Phi) is 6.88. The van der Waals surface area contributed by atoms with Crippen LogP contribution in [0.25, 0.3) is 0 Å². The van der Waals surface area contributed by atoms with Crippen LogP contribution in [0.15, 0.2) is 52.1 Å². The monoisotopic (exact) mass is 328 g/mol. The summed E-state index contributed by atoms with van der Waals surface area (Å²) < 4.78 is 5.34. The molecule has 0 bridgehead atoms. The summed E-state index contributed by atoms with van der Waals surface area (Å²) in [5.74, 6) is 1.66. The maximum absolute atomic E-state index is 5.34. The lowest BCUT2D eigenvalue weighted by atomic mass is 10.0. The first-order chi connectivity index (χ1) is 11.6. The lowest BCUT2D eigenvalue weighted by molar-refractivity contribution is 0.298. The molecule has 130 valence electrons. The Bertz CT molecular complexity index is 617. The number of likely N-dealkylation sites (N-methyl/N-ethyl adjacent to an activating group) is 1. The van der Waals surface area contributed by atoms with Crippen molar-refractivity contribution in [3.05, 3.63) is 59.5 Å². The van der Waals surface area contributed by atoms with Crippen LogP contribution in [0.5, 0.6) is 0 Å². The largest absolute Gasteiger partial charge is 0.467 e. The molecule has 1 atom stereocenters. The number of rotatable bonds is 7. The van der Waals surface area contributed by atoms with Crippen molar-refractivity contribution in [2.75, 3.05) is 27.2 Å². The number of aryl methyl sites for hydroxylation is 1. The Labute approximate surface area is 144 Å². The number of guanidine groups is 1. The van der Waals surface area contributed by atoms with Crippen molar-refractivity contribution in [1.29, 1.82) is 0 Å². The Balaban J connectivity index is 2.01. The second-order valence-corrected chi connectivity index (χ2v) is 6.05. The number of hydrogen-bond donors (Lipinski definition) is 2. The van der Waals surface area contributed by atoms with Gasteiger partial charge < -0.3 is 20.0 Å². The lowest BCUT2D eigenvalue weighted by Crippen LogP contribution is -2.41. The van der Waals surface area contributed by atoms with E-state index < -0.39 is 0 Å². The second-order valence-electron chi connectivity index (χ2n) is 6.05. The first-order valence-electron chi connectivity index (χ1n) is 8.37. The van der Waals surface area contributed by atoms with E-state index in [4.69, 9.17) is 4.42 Å². The molecule has 24 heavy (non-hydrogen) atoms. The molecule has 0 fully saturated rings. The second kappa shape index (κ2) is 9.13. The third-order valence-electron chi connectivity index (χ3n) is 3.87. The van der Waals surface area contributed by atoms with E-state index in [1.807, 2.05) is 12.1 Å². The highest BCUT2D eigenvalue weighted by Crippen LogP contribution is 2.17. The van der Waals surface area contributed by atoms with Gasteiger partial charge in [0.1, 0.15) is 12.3 Å². The van der Waals surface area contributed by atoms with Gasteiger partial charge in [-0.25, -0.2) is 4.99 Å². The zero-order valence-corrected chi connectivity index (χ0v) is 15.0. The smallest absolute Gasteiger partial charge is 0.191 e. The van der Waals surface area contributed by atoms with Crippen molar-refractivity contribution in [3.8, 4) is 0 Å². The Morgan fingerprint density at radius 2 is 1.92 bits per heavy atom. The summed E-state index contributed by atoms with van der Waals surface area (Å²) in [6, 6.07) is 12.8. The number of benzene rings is 1. The molecule has 0 saturated heterocycles. The number of furan rings is 1. The van der Waals surface area contributed by atoms with Gasteiger partial charge in [0.2, 0.25) is 0 Å². The minimum absolute atomic E-state index is 0.276. The van der Waals surface area contributed by atoms with Gasteiger partial charge in [0.25, 0.3) is 0 Å². The third kappa shape index (κ3) is 5.42. The summed E-state index contributed by atoms with van der Waals surface area (Å²) in [6.07, 6.45) is 1.67. The molecule has 0 radical (unpaired) electrons. The molecule has 1 aromatic carbocycles. The van der Waals surface area contributed by atoms with Crippen LogP contribution in [0.3, 0.4) is 0 Å². The number of nitrogens with one attached hydrogen (secondary N) is 2. The summed E-state index contributed by atoms with van der Waals surface area (Å²) in [5, 5.41) is 6.71. The maximum atomic E-state index is 5.34. The molecule has 2 rings (SSSR count). The third-order valence-corrected chi connectivity index (χ3v) is 3.87. The molecule has 2 aromatic rings. The topological polar surface area (TPSA) is 52.8 Å². The summed E-state index contributed by atoms with van der Waals surface area (Å²) in [4.78, 5) is 6.79. The van der Waals surface area contributed by atoms with Crippen LogP contribution in [-0.2, 0) is 6.54 Å². The van der Waals surface area contributed by atoms with Gasteiger partial charge in [-0.3, -0.25) is 0 Å². The SMILES string of the molecule is CCNC(=NCc1ccco1)NCC(c1ccc(C)cc1)N(C)C. The van der Waals surface area contributed by atoms with Crippen molar-refractivity contribution in [3.63, 3.8) is 0 Å². The summed E-state index contributed by atoms with van der Waals surface area (Å²) in [7, 11) is 4.19. The van der Waals surface area contributed by atoms with Gasteiger partial charge in [0.05, 0.1) is 12.3 Å². The lowest BCUT2D eigenvalue weighted by Gasteiger charge is -2.26. The number of aliphatic imine (C=N–C) groups is 1. The molecule has 0 amide bonds. The molecular weight excluding hydrogens is 300 g/mol. The van der Waals surface area contributed by atoms with Crippen LogP contribution in [0, 0.1) is 6.92 Å². The van der Waals surface area contributed by atoms with Crippen molar-refractivity contribution < 1.29 is 4.42 Å². The zero-order chi connectivity index (χ0) is 17.4. The van der Waals surface area contributed by atoms with Gasteiger partial charge in [0, 0.05) is 13.1 Å². The average molecular weight is 328 g/mol. The van der Waals surface area contributed by atoms with Gasteiger partial charge in [-0.15, -0.1) is 0 Å². The Hall–Kier alpha value is -2.27. The van der Waals surface area contributed by atoms with Crippen LogP contribution in [-0.4, -0.2) is 38.0 Å². The first kappa shape index (κ1) is 18.1. The van der Waals surface area contributed by atoms with E-state index in [0.717, 1.165) is 24.8 Å². The number of nitrogens with zero attached hydrogens (tertiary/aromatic N) is 2. The molecule has 1 unspecified atom stereocenters. The van der Waals surface area contributed by atoms with E-state index in [0.29, 0.717) is 6.54 Å². The Morgan fingerprint density at radius 1 is 1.17 bits per heavy atom. The van der Waals surface area contributed by atoms with E-state index in [1.165, 1.54) is 11.1 Å². The zero-order valence-electron chi connectivity index (χ0n) is 15.0. The van der Waals surface area contributed by atoms with E-state index in [9.17, 15) is 0 Å². The predicted octanol–water partition coefficient (Wildman–Crippen LogP) is 2.95. The highest BCUT2D eigenvalue weighted by Gasteiger charge is 2.14. The molecule has 0 spiro atoms. The van der Waals surface area contributed by atoms with Gasteiger partial charge in [-0.2, -0.15) is 0 Å². The summed E-state index contributed by atoms with van der Waals surface area (Å²) in [6.45, 7) is 6.30. The van der Waals surface area contributed by atoms with Gasteiger partial charge in [-0.05, 0) is 45.6 Å². The fourth-order valence-electron chi connectivity index (χ4n) is 2.48.